The van der Waals surface area contributed by atoms with Crippen LogP contribution in [0.25, 0.3) is 0 Å². The van der Waals surface area contributed by atoms with Crippen molar-refractivity contribution in [1.82, 2.24) is 0 Å². The zero-order valence-electron chi connectivity index (χ0n) is 10.5. The zero-order chi connectivity index (χ0) is 13.1. The van der Waals surface area contributed by atoms with E-state index in [9.17, 15) is 8.78 Å². The summed E-state index contributed by atoms with van der Waals surface area (Å²) in [6.07, 6.45) is 5.69. The minimum absolute atomic E-state index is 0.293. The van der Waals surface area contributed by atoms with Gasteiger partial charge in [-0.25, -0.2) is 8.78 Å². The normalized spacial score (nSPS) is 24.7. The highest BCUT2D eigenvalue weighted by Gasteiger charge is 2.17. The Balaban J connectivity index is 2.06. The molecule has 2 unspecified atom stereocenters. The molecule has 1 saturated carbocycles. The Morgan fingerprint density at radius 3 is 2.67 bits per heavy atom. The molecule has 0 aliphatic heterocycles. The molecule has 4 heteroatoms. The predicted octanol–water partition coefficient (Wildman–Crippen LogP) is 5.11. The van der Waals surface area contributed by atoms with Gasteiger partial charge >= 0.3 is 0 Å². The molecule has 18 heavy (non-hydrogen) atoms. The second-order valence-corrected chi connectivity index (χ2v) is 6.06. The summed E-state index contributed by atoms with van der Waals surface area (Å²) in [6, 6.07) is 2.70. The summed E-state index contributed by atoms with van der Waals surface area (Å²) in [5.74, 6) is -0.331. The number of rotatable bonds is 2. The number of benzene rings is 1. The first-order valence-electron chi connectivity index (χ1n) is 6.47. The Labute approximate surface area is 115 Å². The van der Waals surface area contributed by atoms with Crippen LogP contribution in [-0.2, 0) is 0 Å². The lowest BCUT2D eigenvalue weighted by atomic mass is 10.0. The summed E-state index contributed by atoms with van der Waals surface area (Å²) in [5.41, 5.74) is 0.392. The van der Waals surface area contributed by atoms with Crippen molar-refractivity contribution in [2.75, 3.05) is 5.32 Å². The van der Waals surface area contributed by atoms with Gasteiger partial charge in [-0.2, -0.15) is 0 Å². The quantitative estimate of drug-likeness (QED) is 0.590. The average Bonchev–Trinajstić information content (AvgIpc) is 2.51. The minimum Gasteiger partial charge on any atom is -0.380 e. The fraction of sp³-hybridized carbons (Fsp3) is 0.571. The summed E-state index contributed by atoms with van der Waals surface area (Å²) in [6.45, 7) is 2.26. The molecule has 0 radical (unpaired) electrons. The third kappa shape index (κ3) is 3.44. The van der Waals surface area contributed by atoms with Gasteiger partial charge < -0.3 is 5.32 Å². The fourth-order valence-electron chi connectivity index (χ4n) is 2.48. The maximum Gasteiger partial charge on any atom is 0.149 e. The number of nitrogens with one attached hydrogen (secondary N) is 1. The van der Waals surface area contributed by atoms with Gasteiger partial charge in [-0.15, -0.1) is 0 Å². The fourth-order valence-corrected chi connectivity index (χ4v) is 2.83. The van der Waals surface area contributed by atoms with E-state index in [4.69, 9.17) is 0 Å². The van der Waals surface area contributed by atoms with E-state index >= 15 is 0 Å². The molecule has 1 aliphatic carbocycles. The molecule has 2 rings (SSSR count). The molecular formula is C14H18BrF2N. The van der Waals surface area contributed by atoms with Gasteiger partial charge in [-0.1, -0.05) is 19.8 Å². The second kappa shape index (κ2) is 6.00. The molecular weight excluding hydrogens is 300 g/mol. The molecule has 1 nitrogen and oxygen atoms in total. The van der Waals surface area contributed by atoms with Crippen molar-refractivity contribution < 1.29 is 8.78 Å². The van der Waals surface area contributed by atoms with Crippen molar-refractivity contribution >= 4 is 21.6 Å². The monoisotopic (exact) mass is 317 g/mol. The van der Waals surface area contributed by atoms with E-state index in [0.29, 0.717) is 16.2 Å². The summed E-state index contributed by atoms with van der Waals surface area (Å²) < 4.78 is 27.1. The first-order chi connectivity index (χ1) is 8.56. The molecule has 1 aromatic rings. The topological polar surface area (TPSA) is 12.0 Å². The Morgan fingerprint density at radius 2 is 1.89 bits per heavy atom. The van der Waals surface area contributed by atoms with Crippen molar-refractivity contribution in [3.63, 3.8) is 0 Å². The predicted molar refractivity (Wildman–Crippen MR) is 73.7 cm³/mol. The SMILES string of the molecule is CC1CCCC(Nc2cc(Br)c(F)cc2F)CC1. The van der Waals surface area contributed by atoms with Crippen LogP contribution in [0.1, 0.15) is 39.0 Å². The lowest BCUT2D eigenvalue weighted by Crippen LogP contribution is -2.19. The molecule has 100 valence electrons. The van der Waals surface area contributed by atoms with Crippen LogP contribution in [0.4, 0.5) is 14.5 Å². The molecule has 1 aromatic carbocycles. The van der Waals surface area contributed by atoms with Crippen molar-refractivity contribution in [2.24, 2.45) is 5.92 Å². The molecule has 0 amide bonds. The molecule has 0 aromatic heterocycles. The van der Waals surface area contributed by atoms with Crippen LogP contribution in [0.15, 0.2) is 16.6 Å². The number of hydrogen-bond acceptors (Lipinski definition) is 1. The molecule has 0 heterocycles. The molecule has 0 spiro atoms. The van der Waals surface area contributed by atoms with Crippen LogP contribution in [-0.4, -0.2) is 6.04 Å². The molecule has 1 N–H and O–H groups in total. The highest BCUT2D eigenvalue weighted by molar-refractivity contribution is 9.10. The Hall–Kier alpha value is -0.640. The van der Waals surface area contributed by atoms with Gasteiger partial charge in [0.2, 0.25) is 0 Å². The molecule has 1 fully saturated rings. The lowest BCUT2D eigenvalue weighted by Gasteiger charge is -2.18. The zero-order valence-corrected chi connectivity index (χ0v) is 12.1. The lowest BCUT2D eigenvalue weighted by molar-refractivity contribution is 0.501. The first kappa shape index (κ1) is 13.8. The van der Waals surface area contributed by atoms with E-state index in [1.54, 1.807) is 0 Å². The second-order valence-electron chi connectivity index (χ2n) is 5.20. The van der Waals surface area contributed by atoms with Crippen LogP contribution in [0, 0.1) is 17.6 Å². The Kier molecular flexibility index (Phi) is 4.60. The van der Waals surface area contributed by atoms with Crippen molar-refractivity contribution in [2.45, 2.75) is 45.1 Å². The van der Waals surface area contributed by atoms with Crippen molar-refractivity contribution in [3.8, 4) is 0 Å². The van der Waals surface area contributed by atoms with E-state index < -0.39 is 11.6 Å². The van der Waals surface area contributed by atoms with Crippen LogP contribution < -0.4 is 5.32 Å². The van der Waals surface area contributed by atoms with E-state index in [0.717, 1.165) is 24.8 Å². The summed E-state index contributed by atoms with van der Waals surface area (Å²) in [5, 5.41) is 3.21. The number of anilines is 1. The van der Waals surface area contributed by atoms with E-state index in [1.807, 2.05) is 0 Å². The summed E-state index contributed by atoms with van der Waals surface area (Å²) in [7, 11) is 0. The van der Waals surface area contributed by atoms with Gasteiger partial charge in [0.1, 0.15) is 11.6 Å². The largest absolute Gasteiger partial charge is 0.380 e. The average molecular weight is 318 g/mol. The molecule has 0 saturated heterocycles. The van der Waals surface area contributed by atoms with E-state index in [2.05, 4.69) is 28.2 Å². The summed E-state index contributed by atoms with van der Waals surface area (Å²) >= 11 is 3.09. The molecule has 2 atom stereocenters. The standard InChI is InChI=1S/C14H18BrF2N/c1-9-3-2-4-10(6-5-9)18-14-7-11(15)12(16)8-13(14)17/h7-10,18H,2-6H2,1H3. The highest BCUT2D eigenvalue weighted by atomic mass is 79.9. The maximum absolute atomic E-state index is 13.6. The summed E-state index contributed by atoms with van der Waals surface area (Å²) in [4.78, 5) is 0. The van der Waals surface area contributed by atoms with Gasteiger partial charge in [0, 0.05) is 12.1 Å². The smallest absolute Gasteiger partial charge is 0.149 e. The van der Waals surface area contributed by atoms with Crippen LogP contribution in [0.3, 0.4) is 0 Å². The van der Waals surface area contributed by atoms with E-state index in [-0.39, 0.29) is 0 Å². The van der Waals surface area contributed by atoms with Crippen LogP contribution >= 0.6 is 15.9 Å². The highest BCUT2D eigenvalue weighted by Crippen LogP contribution is 2.28. The van der Waals surface area contributed by atoms with Gasteiger partial charge in [-0.3, -0.25) is 0 Å². The van der Waals surface area contributed by atoms with Crippen molar-refractivity contribution in [3.05, 3.63) is 28.2 Å². The van der Waals surface area contributed by atoms with Crippen LogP contribution in [0.2, 0.25) is 0 Å². The van der Waals surface area contributed by atoms with Gasteiger partial charge in [-0.05, 0) is 47.2 Å². The first-order valence-corrected chi connectivity index (χ1v) is 7.26. The third-order valence-corrected chi connectivity index (χ3v) is 4.23. The van der Waals surface area contributed by atoms with E-state index in [1.165, 1.54) is 25.3 Å². The van der Waals surface area contributed by atoms with Crippen molar-refractivity contribution in [1.29, 1.82) is 0 Å². The molecule has 1 aliphatic rings. The molecule has 0 bridgehead atoms. The maximum atomic E-state index is 13.6. The third-order valence-electron chi connectivity index (χ3n) is 3.63. The minimum atomic E-state index is -0.562. The van der Waals surface area contributed by atoms with Gasteiger partial charge in [0.25, 0.3) is 0 Å². The number of hydrogen-bond donors (Lipinski definition) is 1. The number of halogens is 3. The Morgan fingerprint density at radius 1 is 1.11 bits per heavy atom. The van der Waals surface area contributed by atoms with Gasteiger partial charge in [0.05, 0.1) is 10.2 Å². The van der Waals surface area contributed by atoms with Gasteiger partial charge in [0.15, 0.2) is 0 Å². The van der Waals surface area contributed by atoms with Crippen LogP contribution in [0.5, 0.6) is 0 Å². The Bertz CT molecular complexity index is 423.